The van der Waals surface area contributed by atoms with Gasteiger partial charge in [-0.2, -0.15) is 0 Å². The Labute approximate surface area is 139 Å². The lowest BCUT2D eigenvalue weighted by atomic mass is 10.2. The third kappa shape index (κ3) is 4.53. The van der Waals surface area contributed by atoms with Crippen molar-refractivity contribution in [1.82, 2.24) is 5.32 Å². The van der Waals surface area contributed by atoms with Gasteiger partial charge in [-0.05, 0) is 29.8 Å². The van der Waals surface area contributed by atoms with Crippen molar-refractivity contribution in [2.45, 2.75) is 12.7 Å². The molecule has 6 heteroatoms. The summed E-state index contributed by atoms with van der Waals surface area (Å²) >= 11 is 0. The summed E-state index contributed by atoms with van der Waals surface area (Å²) < 4.78 is 24.2. The molecule has 0 spiro atoms. The van der Waals surface area contributed by atoms with Crippen molar-refractivity contribution in [3.8, 4) is 5.75 Å². The fourth-order valence-corrected chi connectivity index (χ4v) is 2.41. The molecule has 0 aromatic heterocycles. The van der Waals surface area contributed by atoms with E-state index in [4.69, 9.17) is 9.47 Å². The normalized spacial score (nSPS) is 17.3. The van der Waals surface area contributed by atoms with Gasteiger partial charge in [0.05, 0.1) is 6.61 Å². The number of halogens is 1. The lowest BCUT2D eigenvalue weighted by Gasteiger charge is -2.22. The number of amides is 1. The van der Waals surface area contributed by atoms with Gasteiger partial charge in [-0.1, -0.05) is 18.2 Å². The number of morpholine rings is 1. The zero-order chi connectivity index (χ0) is 16.8. The van der Waals surface area contributed by atoms with E-state index in [0.29, 0.717) is 24.6 Å². The minimum absolute atomic E-state index is 0.190. The van der Waals surface area contributed by atoms with Gasteiger partial charge >= 0.3 is 0 Å². The molecule has 0 aliphatic carbocycles. The Bertz CT molecular complexity index is 702. The molecule has 1 fully saturated rings. The molecule has 0 bridgehead atoms. The highest BCUT2D eigenvalue weighted by Crippen LogP contribution is 2.19. The first-order chi connectivity index (χ1) is 11.7. The van der Waals surface area contributed by atoms with E-state index in [1.54, 1.807) is 36.4 Å². The van der Waals surface area contributed by atoms with Crippen LogP contribution in [-0.2, 0) is 16.1 Å². The number of hydrogen-bond donors (Lipinski definition) is 2. The van der Waals surface area contributed by atoms with Gasteiger partial charge in [0.2, 0.25) is 0 Å². The highest BCUT2D eigenvalue weighted by molar-refractivity contribution is 5.94. The first-order valence-electron chi connectivity index (χ1n) is 7.81. The zero-order valence-electron chi connectivity index (χ0n) is 13.1. The van der Waals surface area contributed by atoms with E-state index < -0.39 is 6.10 Å². The highest BCUT2D eigenvalue weighted by Gasteiger charge is 2.21. The minimum Gasteiger partial charge on any atom is -0.489 e. The fourth-order valence-electron chi connectivity index (χ4n) is 2.41. The first kappa shape index (κ1) is 16.4. The molecule has 1 amide bonds. The van der Waals surface area contributed by atoms with Crippen LogP contribution in [0.3, 0.4) is 0 Å². The summed E-state index contributed by atoms with van der Waals surface area (Å²) in [6.07, 6.45) is -0.490. The molecule has 0 saturated carbocycles. The lowest BCUT2D eigenvalue weighted by molar-refractivity contribution is -0.128. The Kier molecular flexibility index (Phi) is 5.40. The van der Waals surface area contributed by atoms with Crippen LogP contribution in [0.15, 0.2) is 48.5 Å². The predicted octanol–water partition coefficient (Wildman–Crippen LogP) is 2.33. The fraction of sp³-hybridized carbons (Fsp3) is 0.278. The standard InChI is InChI=1S/C18H19FN2O3/c19-14-4-1-3-13(9-14)12-24-16-6-2-5-15(10-16)21-18(22)17-11-20-7-8-23-17/h1-6,9-10,17,20H,7-8,11-12H2,(H,21,22). The van der Waals surface area contributed by atoms with Crippen LogP contribution in [0.4, 0.5) is 10.1 Å². The average molecular weight is 330 g/mol. The van der Waals surface area contributed by atoms with Crippen LogP contribution < -0.4 is 15.4 Å². The topological polar surface area (TPSA) is 59.6 Å². The number of hydrogen-bond acceptors (Lipinski definition) is 4. The molecule has 126 valence electrons. The molecule has 5 nitrogen and oxygen atoms in total. The van der Waals surface area contributed by atoms with Gasteiger partial charge in [-0.25, -0.2) is 4.39 Å². The Morgan fingerprint density at radius 2 is 2.17 bits per heavy atom. The van der Waals surface area contributed by atoms with Crippen LogP contribution in [0.5, 0.6) is 5.75 Å². The van der Waals surface area contributed by atoms with Gasteiger partial charge in [0.1, 0.15) is 24.3 Å². The number of benzene rings is 2. The van der Waals surface area contributed by atoms with Crippen LogP contribution in [0, 0.1) is 5.82 Å². The maximum atomic E-state index is 13.2. The third-order valence-corrected chi connectivity index (χ3v) is 3.62. The zero-order valence-corrected chi connectivity index (χ0v) is 13.1. The molecule has 1 saturated heterocycles. The Morgan fingerprint density at radius 3 is 2.96 bits per heavy atom. The number of nitrogens with one attached hydrogen (secondary N) is 2. The Hall–Kier alpha value is -2.44. The van der Waals surface area contributed by atoms with E-state index in [1.807, 2.05) is 0 Å². The molecule has 2 aromatic carbocycles. The number of ether oxygens (including phenoxy) is 2. The van der Waals surface area contributed by atoms with E-state index in [2.05, 4.69) is 10.6 Å². The summed E-state index contributed by atoms with van der Waals surface area (Å²) in [5.74, 6) is 0.113. The molecule has 1 aliphatic rings. The van der Waals surface area contributed by atoms with Crippen LogP contribution in [0.25, 0.3) is 0 Å². The van der Waals surface area contributed by atoms with Gasteiger partial charge in [-0.3, -0.25) is 4.79 Å². The van der Waals surface area contributed by atoms with Gasteiger partial charge in [0, 0.05) is 24.8 Å². The Morgan fingerprint density at radius 1 is 1.29 bits per heavy atom. The van der Waals surface area contributed by atoms with E-state index in [-0.39, 0.29) is 18.3 Å². The second kappa shape index (κ2) is 7.90. The summed E-state index contributed by atoms with van der Waals surface area (Å²) in [6.45, 7) is 2.04. The largest absolute Gasteiger partial charge is 0.489 e. The predicted molar refractivity (Wildman–Crippen MR) is 88.4 cm³/mol. The molecule has 2 aromatic rings. The van der Waals surface area contributed by atoms with Crippen molar-refractivity contribution >= 4 is 11.6 Å². The number of carbonyl (C=O) groups excluding carboxylic acids is 1. The molecule has 2 N–H and O–H groups in total. The second-order valence-corrected chi connectivity index (χ2v) is 5.50. The Balaban J connectivity index is 1.58. The first-order valence-corrected chi connectivity index (χ1v) is 7.81. The van der Waals surface area contributed by atoms with E-state index >= 15 is 0 Å². The molecule has 0 radical (unpaired) electrons. The van der Waals surface area contributed by atoms with Crippen molar-refractivity contribution in [2.24, 2.45) is 0 Å². The number of rotatable bonds is 5. The molecule has 1 atom stereocenters. The highest BCUT2D eigenvalue weighted by atomic mass is 19.1. The van der Waals surface area contributed by atoms with E-state index in [1.165, 1.54) is 12.1 Å². The minimum atomic E-state index is -0.490. The second-order valence-electron chi connectivity index (χ2n) is 5.50. The maximum Gasteiger partial charge on any atom is 0.254 e. The van der Waals surface area contributed by atoms with E-state index in [0.717, 1.165) is 12.1 Å². The molecule has 1 aliphatic heterocycles. The molecule has 3 rings (SSSR count). The maximum absolute atomic E-state index is 13.2. The quantitative estimate of drug-likeness (QED) is 0.883. The van der Waals surface area contributed by atoms with Crippen LogP contribution >= 0.6 is 0 Å². The van der Waals surface area contributed by atoms with Crippen molar-refractivity contribution < 1.29 is 18.7 Å². The van der Waals surface area contributed by atoms with E-state index in [9.17, 15) is 9.18 Å². The smallest absolute Gasteiger partial charge is 0.254 e. The van der Waals surface area contributed by atoms with Crippen LogP contribution in [-0.4, -0.2) is 31.7 Å². The summed E-state index contributed by atoms with van der Waals surface area (Å²) in [4.78, 5) is 12.1. The third-order valence-electron chi connectivity index (χ3n) is 3.62. The van der Waals surface area contributed by atoms with Crippen LogP contribution in [0.2, 0.25) is 0 Å². The monoisotopic (exact) mass is 330 g/mol. The van der Waals surface area contributed by atoms with Crippen molar-refractivity contribution in [3.05, 3.63) is 59.9 Å². The summed E-state index contributed by atoms with van der Waals surface area (Å²) in [5, 5.41) is 5.93. The van der Waals surface area contributed by atoms with Gasteiger partial charge in [0.25, 0.3) is 5.91 Å². The number of anilines is 1. The van der Waals surface area contributed by atoms with Crippen LogP contribution in [0.1, 0.15) is 5.56 Å². The van der Waals surface area contributed by atoms with Gasteiger partial charge < -0.3 is 20.1 Å². The number of carbonyl (C=O) groups is 1. The van der Waals surface area contributed by atoms with Gasteiger partial charge in [-0.15, -0.1) is 0 Å². The average Bonchev–Trinajstić information content (AvgIpc) is 2.61. The summed E-state index contributed by atoms with van der Waals surface area (Å²) in [5.41, 5.74) is 1.37. The molecular weight excluding hydrogens is 311 g/mol. The summed E-state index contributed by atoms with van der Waals surface area (Å²) in [6, 6.07) is 13.3. The van der Waals surface area contributed by atoms with Crippen molar-refractivity contribution in [1.29, 1.82) is 0 Å². The molecule has 24 heavy (non-hydrogen) atoms. The van der Waals surface area contributed by atoms with Crippen molar-refractivity contribution in [2.75, 3.05) is 25.0 Å². The molecular formula is C18H19FN2O3. The lowest BCUT2D eigenvalue weighted by Crippen LogP contribution is -2.45. The summed E-state index contributed by atoms with van der Waals surface area (Å²) in [7, 11) is 0. The molecule has 1 heterocycles. The molecule has 1 unspecified atom stereocenters. The van der Waals surface area contributed by atoms with Gasteiger partial charge in [0.15, 0.2) is 0 Å². The van der Waals surface area contributed by atoms with Crippen molar-refractivity contribution in [3.63, 3.8) is 0 Å². The SMILES string of the molecule is O=C(Nc1cccc(OCc2cccc(F)c2)c1)C1CNCCO1.